The second-order valence-electron chi connectivity index (χ2n) is 9.04. The molecule has 0 spiro atoms. The fourth-order valence-corrected chi connectivity index (χ4v) is 5.31. The normalized spacial score (nSPS) is 26.0. The Labute approximate surface area is 221 Å². The fourth-order valence-electron chi connectivity index (χ4n) is 3.72. The Morgan fingerprint density at radius 3 is 2.62 bits per heavy atom. The number of nitrogens with one attached hydrogen (secondary N) is 2. The van der Waals surface area contributed by atoms with Gasteiger partial charge in [-0.1, -0.05) is 23.3 Å². The number of nitrogens with zero attached hydrogens (tertiary/aromatic N) is 4. The van der Waals surface area contributed by atoms with Gasteiger partial charge in [0.1, 0.15) is 17.5 Å². The molecule has 1 aromatic carbocycles. The molecule has 3 rings (SSSR count). The van der Waals surface area contributed by atoms with Crippen molar-refractivity contribution in [1.29, 1.82) is 0 Å². The average molecular weight is 572 g/mol. The number of rotatable bonds is 13. The van der Waals surface area contributed by atoms with Crippen LogP contribution in [0.5, 0.6) is 5.75 Å². The third-order valence-electron chi connectivity index (χ3n) is 5.64. The highest BCUT2D eigenvalue weighted by molar-refractivity contribution is 7.52. The maximum atomic E-state index is 15.3. The number of ether oxygens (including phenoxy) is 2. The van der Waals surface area contributed by atoms with Crippen LogP contribution in [0.25, 0.3) is 10.4 Å². The Morgan fingerprint density at radius 1 is 1.31 bits per heavy atom. The van der Waals surface area contributed by atoms with Gasteiger partial charge in [-0.25, -0.2) is 18.8 Å². The van der Waals surface area contributed by atoms with Crippen molar-refractivity contribution in [2.45, 2.75) is 63.3 Å². The molecule has 214 valence electrons. The van der Waals surface area contributed by atoms with Crippen LogP contribution < -0.4 is 20.9 Å². The van der Waals surface area contributed by atoms with Crippen molar-refractivity contribution >= 4 is 7.75 Å². The van der Waals surface area contributed by atoms with Crippen molar-refractivity contribution in [2.24, 2.45) is 5.11 Å². The maximum absolute atomic E-state index is 15.3. The summed E-state index contributed by atoms with van der Waals surface area (Å²) in [6.07, 6.45) is -6.89. The van der Waals surface area contributed by atoms with Crippen molar-refractivity contribution in [3.8, 4) is 5.75 Å². The van der Waals surface area contributed by atoms with Crippen LogP contribution in [0.1, 0.15) is 27.0 Å². The van der Waals surface area contributed by atoms with Gasteiger partial charge in [0.25, 0.3) is 5.56 Å². The molecular weight excluding hydrogens is 542 g/mol. The summed E-state index contributed by atoms with van der Waals surface area (Å²) in [5, 5.41) is 27.0. The summed E-state index contributed by atoms with van der Waals surface area (Å²) in [7, 11) is -4.43. The van der Waals surface area contributed by atoms with Crippen LogP contribution in [0.2, 0.25) is 0 Å². The van der Waals surface area contributed by atoms with Crippen LogP contribution in [0.3, 0.4) is 0 Å². The molecule has 17 heteroatoms. The Kier molecular flexibility index (Phi) is 10.0. The Morgan fingerprint density at radius 2 is 2.00 bits per heavy atom. The number of aliphatic hydroxyl groups excluding tert-OH is 2. The monoisotopic (exact) mass is 572 g/mol. The number of H-pyrrole nitrogens is 1. The standard InChI is InChI=1S/C22H30FN6O9P/c1-13(2)36-20(32)14(3)27-39(34,38-15-7-5-4-6-8-15)35-12-22(11-25-28-24)18(31)17(23)19(37-22)29-10-9-16(30)26-21(29)33/h4-10,13-14,17-20,31-32H,11-12H2,1-3H3,(H,27,34)(H,26,30,33)/t14?,17-,18+,19-,20?,22-,39?/m1/s1. The average Bonchev–Trinajstić information content (AvgIpc) is 3.12. The topological polar surface area (TPSA) is 210 Å². The summed E-state index contributed by atoms with van der Waals surface area (Å²) in [6, 6.07) is 7.80. The predicted octanol–water partition coefficient (Wildman–Crippen LogP) is 1.74. The number of aliphatic hydroxyl groups is 2. The van der Waals surface area contributed by atoms with E-state index in [1.165, 1.54) is 19.1 Å². The van der Waals surface area contributed by atoms with Gasteiger partial charge in [0.05, 0.1) is 25.3 Å². The summed E-state index contributed by atoms with van der Waals surface area (Å²) >= 11 is 0. The van der Waals surface area contributed by atoms with Gasteiger partial charge < -0.3 is 24.2 Å². The van der Waals surface area contributed by atoms with E-state index in [4.69, 9.17) is 24.1 Å². The zero-order valence-electron chi connectivity index (χ0n) is 21.3. The minimum absolute atomic E-state index is 0.109. The molecule has 7 atom stereocenters. The first-order valence-corrected chi connectivity index (χ1v) is 13.4. The molecule has 0 radical (unpaired) electrons. The van der Waals surface area contributed by atoms with Gasteiger partial charge in [-0.3, -0.25) is 18.9 Å². The van der Waals surface area contributed by atoms with E-state index >= 15 is 4.39 Å². The van der Waals surface area contributed by atoms with Crippen molar-refractivity contribution < 1.29 is 37.7 Å². The molecule has 0 amide bonds. The summed E-state index contributed by atoms with van der Waals surface area (Å²) in [6.45, 7) is 3.27. The highest BCUT2D eigenvalue weighted by Crippen LogP contribution is 2.48. The number of azide groups is 1. The van der Waals surface area contributed by atoms with Crippen molar-refractivity contribution in [2.75, 3.05) is 13.2 Å². The summed E-state index contributed by atoms with van der Waals surface area (Å²) < 4.78 is 52.0. The van der Waals surface area contributed by atoms with Crippen LogP contribution in [0.15, 0.2) is 57.3 Å². The molecule has 39 heavy (non-hydrogen) atoms. The van der Waals surface area contributed by atoms with E-state index in [0.29, 0.717) is 4.57 Å². The maximum Gasteiger partial charge on any atom is 0.459 e. The molecule has 0 saturated carbocycles. The van der Waals surface area contributed by atoms with E-state index in [9.17, 15) is 24.4 Å². The van der Waals surface area contributed by atoms with Crippen molar-refractivity contribution in [3.63, 3.8) is 0 Å². The van der Waals surface area contributed by atoms with Gasteiger partial charge in [0, 0.05) is 17.2 Å². The van der Waals surface area contributed by atoms with Gasteiger partial charge >= 0.3 is 13.4 Å². The van der Waals surface area contributed by atoms with E-state index in [-0.39, 0.29) is 11.9 Å². The molecule has 2 aromatic rings. The number of benzene rings is 1. The highest BCUT2D eigenvalue weighted by atomic mass is 31.2. The van der Waals surface area contributed by atoms with E-state index in [1.807, 2.05) is 4.98 Å². The van der Waals surface area contributed by atoms with Gasteiger partial charge in [0.15, 0.2) is 18.7 Å². The molecule has 1 aliphatic heterocycles. The first-order valence-electron chi connectivity index (χ1n) is 11.8. The minimum atomic E-state index is -4.43. The summed E-state index contributed by atoms with van der Waals surface area (Å²) in [5.74, 6) is 0.109. The van der Waals surface area contributed by atoms with Crippen LogP contribution in [0.4, 0.5) is 4.39 Å². The van der Waals surface area contributed by atoms with Crippen LogP contribution in [-0.4, -0.2) is 69.2 Å². The van der Waals surface area contributed by atoms with Gasteiger partial charge in [-0.15, -0.1) is 0 Å². The first-order chi connectivity index (χ1) is 18.4. The zero-order chi connectivity index (χ0) is 28.8. The number of aromatic amines is 1. The number of hydrogen-bond donors (Lipinski definition) is 4. The van der Waals surface area contributed by atoms with Crippen LogP contribution in [0, 0.1) is 0 Å². The third kappa shape index (κ3) is 7.53. The third-order valence-corrected chi connectivity index (χ3v) is 7.29. The number of alkyl halides is 1. The van der Waals surface area contributed by atoms with E-state index in [0.717, 1.165) is 12.3 Å². The molecule has 0 bridgehead atoms. The van der Waals surface area contributed by atoms with Crippen LogP contribution in [-0.2, 0) is 18.6 Å². The smallest absolute Gasteiger partial charge is 0.413 e. The molecular formula is C22H30FN6O9P. The largest absolute Gasteiger partial charge is 0.459 e. The lowest BCUT2D eigenvalue weighted by atomic mass is 9.97. The lowest BCUT2D eigenvalue weighted by Gasteiger charge is -2.33. The molecule has 1 aliphatic rings. The molecule has 2 heterocycles. The molecule has 1 aromatic heterocycles. The van der Waals surface area contributed by atoms with Gasteiger partial charge in [-0.2, -0.15) is 0 Å². The summed E-state index contributed by atoms with van der Waals surface area (Å²) in [5.41, 5.74) is 4.99. The molecule has 3 unspecified atom stereocenters. The summed E-state index contributed by atoms with van der Waals surface area (Å²) in [4.78, 5) is 28.2. The molecule has 1 saturated heterocycles. The predicted molar refractivity (Wildman–Crippen MR) is 135 cm³/mol. The number of halogens is 1. The molecule has 1 fully saturated rings. The van der Waals surface area contributed by atoms with Crippen molar-refractivity contribution in [1.82, 2.24) is 14.6 Å². The molecule has 4 N–H and O–H groups in total. The number of aromatic nitrogens is 2. The second-order valence-corrected chi connectivity index (χ2v) is 10.7. The van der Waals surface area contributed by atoms with E-state index < -0.39 is 68.6 Å². The molecule has 15 nitrogen and oxygen atoms in total. The van der Waals surface area contributed by atoms with Gasteiger partial charge in [0.2, 0.25) is 0 Å². The highest BCUT2D eigenvalue weighted by Gasteiger charge is 2.57. The second kappa shape index (κ2) is 12.9. The van der Waals surface area contributed by atoms with E-state index in [1.54, 1.807) is 32.0 Å². The quantitative estimate of drug-likeness (QED) is 0.0898. The van der Waals surface area contributed by atoms with Crippen LogP contribution >= 0.6 is 7.75 Å². The first kappa shape index (κ1) is 30.5. The Bertz CT molecular complexity index is 1320. The van der Waals surface area contributed by atoms with E-state index in [2.05, 4.69) is 15.1 Å². The Hall–Kier alpha value is -3.07. The number of hydrogen-bond acceptors (Lipinski definition) is 10. The lowest BCUT2D eigenvalue weighted by Crippen LogP contribution is -2.49. The Balaban J connectivity index is 1.92. The van der Waals surface area contributed by atoms with Crippen molar-refractivity contribution in [3.05, 3.63) is 73.9 Å². The SMILES string of the molecule is CC(C)OC(O)C(C)NP(=O)(OC[C@@]1(CN=[N+]=[N-])O[C@@H](n2ccc(=O)[nH]c2=O)[C@H](F)[C@@H]1O)Oc1ccccc1. The minimum Gasteiger partial charge on any atom is -0.413 e. The van der Waals surface area contributed by atoms with Gasteiger partial charge in [-0.05, 0) is 38.4 Å². The fraction of sp³-hybridized carbons (Fsp3) is 0.545. The number of para-hydroxylation sites is 1. The zero-order valence-corrected chi connectivity index (χ0v) is 22.2. The molecule has 0 aliphatic carbocycles. The lowest BCUT2D eigenvalue weighted by molar-refractivity contribution is -0.138.